The summed E-state index contributed by atoms with van der Waals surface area (Å²) < 4.78 is 7.27. The molecule has 2 aliphatic rings. The first-order valence-corrected chi connectivity index (χ1v) is 7.82. The normalized spacial score (nSPS) is 19.9. The lowest BCUT2D eigenvalue weighted by Gasteiger charge is -2.31. The van der Waals surface area contributed by atoms with E-state index >= 15 is 0 Å². The number of nitrogens with one attached hydrogen (secondary N) is 1. The number of hydrogen-bond acceptors (Lipinski definition) is 6. The predicted octanol–water partition coefficient (Wildman–Crippen LogP) is 2.09. The molecule has 0 radical (unpaired) electrons. The van der Waals surface area contributed by atoms with E-state index in [0.29, 0.717) is 19.0 Å². The maximum absolute atomic E-state index is 12.5. The second kappa shape index (κ2) is 5.49. The third kappa shape index (κ3) is 2.28. The smallest absolute Gasteiger partial charge is 0.248 e. The molecule has 1 unspecified atom stereocenters. The first-order valence-electron chi connectivity index (χ1n) is 7.82. The van der Waals surface area contributed by atoms with Gasteiger partial charge < -0.3 is 10.1 Å². The number of tetrazole rings is 1. The highest BCUT2D eigenvalue weighted by Crippen LogP contribution is 2.39. The Bertz CT molecular complexity index is 795. The van der Waals surface area contributed by atoms with E-state index in [9.17, 15) is 4.79 Å². The van der Waals surface area contributed by atoms with E-state index in [1.54, 1.807) is 4.68 Å². The first kappa shape index (κ1) is 13.9. The molecule has 7 nitrogen and oxygen atoms in total. The lowest BCUT2D eigenvalue weighted by Crippen LogP contribution is -2.31. The molecule has 23 heavy (non-hydrogen) atoms. The predicted molar refractivity (Wildman–Crippen MR) is 83.1 cm³/mol. The standard InChI is InChI=1S/C16H17N5O2/c1-2-23-11-6-3-5-10(9-11)15-14-12(7-4-8-13(14)22)17-16-18-19-20-21(15)16/h3,5-6,9,15H,2,4,7-8H2,1H3,(H,17,18,20). The van der Waals surface area contributed by atoms with Gasteiger partial charge in [-0.3, -0.25) is 4.79 Å². The molecule has 0 fully saturated rings. The number of ether oxygens (including phenoxy) is 1. The quantitative estimate of drug-likeness (QED) is 0.934. The van der Waals surface area contributed by atoms with E-state index in [-0.39, 0.29) is 11.8 Å². The Morgan fingerprint density at radius 1 is 1.39 bits per heavy atom. The molecule has 118 valence electrons. The highest BCUT2D eigenvalue weighted by Gasteiger charge is 2.36. The van der Waals surface area contributed by atoms with Crippen molar-refractivity contribution < 1.29 is 9.53 Å². The Balaban J connectivity index is 1.86. The van der Waals surface area contributed by atoms with E-state index in [2.05, 4.69) is 20.8 Å². The highest BCUT2D eigenvalue weighted by molar-refractivity contribution is 5.99. The van der Waals surface area contributed by atoms with Crippen LogP contribution in [0, 0.1) is 0 Å². The molecule has 1 aromatic carbocycles. The SMILES string of the molecule is CCOc1cccc(C2C3=C(CCCC3=O)Nc3nnnn32)c1. The van der Waals surface area contributed by atoms with Crippen LogP contribution in [0.5, 0.6) is 5.75 Å². The molecule has 2 heterocycles. The van der Waals surface area contributed by atoms with Crippen LogP contribution in [0.2, 0.25) is 0 Å². The zero-order chi connectivity index (χ0) is 15.8. The summed E-state index contributed by atoms with van der Waals surface area (Å²) in [6, 6.07) is 7.48. The maximum atomic E-state index is 12.5. The molecule has 1 aromatic heterocycles. The summed E-state index contributed by atoms with van der Waals surface area (Å²) >= 11 is 0. The lowest BCUT2D eigenvalue weighted by atomic mass is 9.85. The Morgan fingerprint density at radius 2 is 2.30 bits per heavy atom. The highest BCUT2D eigenvalue weighted by atomic mass is 16.5. The Morgan fingerprint density at radius 3 is 3.17 bits per heavy atom. The van der Waals surface area contributed by atoms with Crippen molar-refractivity contribution in [3.8, 4) is 5.75 Å². The summed E-state index contributed by atoms with van der Waals surface area (Å²) in [7, 11) is 0. The number of hydrogen-bond donors (Lipinski definition) is 1. The van der Waals surface area contributed by atoms with Crippen molar-refractivity contribution in [2.24, 2.45) is 0 Å². The molecule has 1 N–H and O–H groups in total. The third-order valence-corrected chi connectivity index (χ3v) is 4.21. The molecule has 0 bridgehead atoms. The van der Waals surface area contributed by atoms with Gasteiger partial charge in [-0.2, -0.15) is 4.68 Å². The molecule has 0 saturated carbocycles. The number of aromatic nitrogens is 4. The van der Waals surface area contributed by atoms with Crippen LogP contribution in [0.25, 0.3) is 0 Å². The van der Waals surface area contributed by atoms with Gasteiger partial charge in [0.15, 0.2) is 5.78 Å². The summed E-state index contributed by atoms with van der Waals surface area (Å²) in [5.74, 6) is 1.51. The maximum Gasteiger partial charge on any atom is 0.248 e. The molecule has 1 atom stereocenters. The fraction of sp³-hybridized carbons (Fsp3) is 0.375. The van der Waals surface area contributed by atoms with Crippen LogP contribution < -0.4 is 10.1 Å². The number of carbonyl (C=O) groups is 1. The second-order valence-electron chi connectivity index (χ2n) is 5.65. The molecule has 0 spiro atoms. The van der Waals surface area contributed by atoms with Gasteiger partial charge in [0, 0.05) is 17.7 Å². The van der Waals surface area contributed by atoms with Crippen LogP contribution in [-0.4, -0.2) is 32.6 Å². The van der Waals surface area contributed by atoms with Crippen molar-refractivity contribution in [2.75, 3.05) is 11.9 Å². The summed E-state index contributed by atoms with van der Waals surface area (Å²) in [5, 5.41) is 15.1. The van der Waals surface area contributed by atoms with Crippen LogP contribution in [0.15, 0.2) is 35.5 Å². The van der Waals surface area contributed by atoms with Gasteiger partial charge in [-0.1, -0.05) is 17.2 Å². The molecular formula is C16H17N5O2. The zero-order valence-corrected chi connectivity index (χ0v) is 12.8. The molecule has 0 amide bonds. The number of carbonyl (C=O) groups excluding carboxylic acids is 1. The van der Waals surface area contributed by atoms with Crippen molar-refractivity contribution in [2.45, 2.75) is 32.2 Å². The molecule has 1 aliphatic heterocycles. The minimum absolute atomic E-state index is 0.159. The largest absolute Gasteiger partial charge is 0.494 e. The number of Topliss-reactive ketones (excluding diaryl/α,β-unsaturated/α-hetero) is 1. The number of fused-ring (bicyclic) bond motifs is 1. The van der Waals surface area contributed by atoms with Gasteiger partial charge in [0.2, 0.25) is 5.95 Å². The van der Waals surface area contributed by atoms with Gasteiger partial charge in [-0.05, 0) is 47.9 Å². The molecule has 4 rings (SSSR count). The van der Waals surface area contributed by atoms with Crippen molar-refractivity contribution in [1.29, 1.82) is 0 Å². The monoisotopic (exact) mass is 311 g/mol. The Kier molecular flexibility index (Phi) is 3.33. The van der Waals surface area contributed by atoms with Crippen LogP contribution >= 0.6 is 0 Å². The van der Waals surface area contributed by atoms with E-state index in [4.69, 9.17) is 4.74 Å². The van der Waals surface area contributed by atoms with Crippen LogP contribution in [-0.2, 0) is 4.79 Å². The van der Waals surface area contributed by atoms with Gasteiger partial charge in [-0.25, -0.2) is 0 Å². The minimum atomic E-state index is -0.301. The number of nitrogens with zero attached hydrogens (tertiary/aromatic N) is 4. The lowest BCUT2D eigenvalue weighted by molar-refractivity contribution is -0.116. The minimum Gasteiger partial charge on any atom is -0.494 e. The zero-order valence-electron chi connectivity index (χ0n) is 12.8. The molecular weight excluding hydrogens is 294 g/mol. The third-order valence-electron chi connectivity index (χ3n) is 4.21. The van der Waals surface area contributed by atoms with Gasteiger partial charge in [0.25, 0.3) is 0 Å². The number of anilines is 1. The topological polar surface area (TPSA) is 81.9 Å². The average molecular weight is 311 g/mol. The summed E-state index contributed by atoms with van der Waals surface area (Å²) in [6.07, 6.45) is 2.27. The molecule has 0 saturated heterocycles. The molecule has 2 aromatic rings. The number of rotatable bonds is 3. The number of ketones is 1. The van der Waals surface area contributed by atoms with Gasteiger partial charge >= 0.3 is 0 Å². The fourth-order valence-electron chi connectivity index (χ4n) is 3.27. The van der Waals surface area contributed by atoms with E-state index in [1.165, 1.54) is 0 Å². The van der Waals surface area contributed by atoms with Crippen LogP contribution in [0.4, 0.5) is 5.95 Å². The summed E-state index contributed by atoms with van der Waals surface area (Å²) in [4.78, 5) is 12.5. The van der Waals surface area contributed by atoms with Gasteiger partial charge in [-0.15, -0.1) is 0 Å². The van der Waals surface area contributed by atoms with Crippen molar-refractivity contribution in [3.63, 3.8) is 0 Å². The van der Waals surface area contributed by atoms with E-state index in [0.717, 1.165) is 35.4 Å². The van der Waals surface area contributed by atoms with Gasteiger partial charge in [0.05, 0.1) is 6.61 Å². The summed E-state index contributed by atoms with van der Waals surface area (Å²) in [6.45, 7) is 2.54. The Hall–Kier alpha value is -2.70. The van der Waals surface area contributed by atoms with Gasteiger partial charge in [0.1, 0.15) is 11.8 Å². The number of allylic oxidation sites excluding steroid dienone is 2. The molecule has 7 heteroatoms. The fourth-order valence-corrected chi connectivity index (χ4v) is 3.27. The van der Waals surface area contributed by atoms with Crippen molar-refractivity contribution >= 4 is 11.7 Å². The van der Waals surface area contributed by atoms with E-state index in [1.807, 2.05) is 31.2 Å². The van der Waals surface area contributed by atoms with Crippen LogP contribution in [0.1, 0.15) is 37.8 Å². The second-order valence-corrected chi connectivity index (χ2v) is 5.65. The average Bonchev–Trinajstić information content (AvgIpc) is 3.02. The van der Waals surface area contributed by atoms with Crippen molar-refractivity contribution in [1.82, 2.24) is 20.2 Å². The number of benzene rings is 1. The van der Waals surface area contributed by atoms with Crippen LogP contribution in [0.3, 0.4) is 0 Å². The van der Waals surface area contributed by atoms with E-state index < -0.39 is 0 Å². The first-order chi connectivity index (χ1) is 11.3. The molecule has 1 aliphatic carbocycles. The summed E-state index contributed by atoms with van der Waals surface area (Å²) in [5.41, 5.74) is 2.66. The Labute approximate surface area is 133 Å². The van der Waals surface area contributed by atoms with Crippen molar-refractivity contribution in [3.05, 3.63) is 41.1 Å².